The highest BCUT2D eigenvalue weighted by Gasteiger charge is 2.40. The van der Waals surface area contributed by atoms with E-state index < -0.39 is 0 Å². The van der Waals surface area contributed by atoms with Gasteiger partial charge in [0.25, 0.3) is 0 Å². The van der Waals surface area contributed by atoms with Crippen molar-refractivity contribution in [3.63, 3.8) is 0 Å². The van der Waals surface area contributed by atoms with E-state index in [9.17, 15) is 9.59 Å². The molecule has 2 saturated heterocycles. The van der Waals surface area contributed by atoms with Crippen LogP contribution in [0.4, 0.5) is 0 Å². The van der Waals surface area contributed by atoms with Crippen LogP contribution >= 0.6 is 0 Å². The molecular weight excluding hydrogens is 294 g/mol. The summed E-state index contributed by atoms with van der Waals surface area (Å²) < 4.78 is 5.38. The minimum atomic E-state index is -0.233. The van der Waals surface area contributed by atoms with Crippen LogP contribution in [0.5, 0.6) is 0 Å². The zero-order valence-corrected chi connectivity index (χ0v) is 14.9. The lowest BCUT2D eigenvalue weighted by molar-refractivity contribution is -0.132. The molecule has 0 saturated carbocycles. The molecule has 23 heavy (non-hydrogen) atoms. The molecule has 2 rings (SSSR count). The Morgan fingerprint density at radius 3 is 2.57 bits per heavy atom. The molecule has 2 fully saturated rings. The fraction of sp³-hybridized carbons (Fsp3) is 0.882. The van der Waals surface area contributed by atoms with Crippen molar-refractivity contribution in [2.75, 3.05) is 39.9 Å². The Morgan fingerprint density at radius 2 is 2.04 bits per heavy atom. The first kappa shape index (κ1) is 18.2. The Balaban J connectivity index is 1.90. The van der Waals surface area contributed by atoms with E-state index in [2.05, 4.69) is 10.6 Å². The number of likely N-dealkylation sites (tertiary alicyclic amines) is 1. The smallest absolute Gasteiger partial charge is 0.225 e. The molecule has 2 aliphatic rings. The molecule has 132 valence electrons. The lowest BCUT2D eigenvalue weighted by Gasteiger charge is -2.37. The summed E-state index contributed by atoms with van der Waals surface area (Å²) in [7, 11) is 1.71. The third kappa shape index (κ3) is 4.44. The van der Waals surface area contributed by atoms with E-state index >= 15 is 0 Å². The van der Waals surface area contributed by atoms with Crippen molar-refractivity contribution < 1.29 is 14.3 Å². The van der Waals surface area contributed by atoms with E-state index in [1.165, 1.54) is 0 Å². The average Bonchev–Trinajstić information content (AvgIpc) is 2.88. The fourth-order valence-corrected chi connectivity index (χ4v) is 3.59. The maximum atomic E-state index is 12.5. The van der Waals surface area contributed by atoms with Crippen LogP contribution in [-0.4, -0.2) is 62.1 Å². The van der Waals surface area contributed by atoms with E-state index in [1.54, 1.807) is 7.11 Å². The Bertz CT molecular complexity index is 433. The van der Waals surface area contributed by atoms with E-state index in [-0.39, 0.29) is 28.7 Å². The molecule has 2 N–H and O–H groups in total. The molecule has 1 atom stereocenters. The zero-order chi connectivity index (χ0) is 17.1. The highest BCUT2D eigenvalue weighted by Crippen LogP contribution is 2.29. The average molecular weight is 325 g/mol. The van der Waals surface area contributed by atoms with Crippen LogP contribution in [0.2, 0.25) is 0 Å². The number of nitrogens with zero attached hydrogens (tertiary/aromatic N) is 1. The van der Waals surface area contributed by atoms with Crippen LogP contribution in [-0.2, 0) is 14.3 Å². The SMILES string of the molecule is COCC1(CNC(=O)C2CC(=O)N(C(C)(C)C)C2)CCNCC1. The van der Waals surface area contributed by atoms with Crippen molar-refractivity contribution in [3.8, 4) is 0 Å². The minimum Gasteiger partial charge on any atom is -0.384 e. The van der Waals surface area contributed by atoms with Gasteiger partial charge in [0.05, 0.1) is 12.5 Å². The van der Waals surface area contributed by atoms with Gasteiger partial charge in [-0.1, -0.05) is 0 Å². The summed E-state index contributed by atoms with van der Waals surface area (Å²) in [4.78, 5) is 26.4. The lowest BCUT2D eigenvalue weighted by atomic mass is 9.79. The van der Waals surface area contributed by atoms with E-state index in [0.717, 1.165) is 25.9 Å². The molecule has 0 radical (unpaired) electrons. The molecule has 0 aliphatic carbocycles. The summed E-state index contributed by atoms with van der Waals surface area (Å²) in [6.07, 6.45) is 2.32. The maximum Gasteiger partial charge on any atom is 0.225 e. The maximum absolute atomic E-state index is 12.5. The molecule has 2 heterocycles. The van der Waals surface area contributed by atoms with Crippen molar-refractivity contribution in [2.45, 2.75) is 45.6 Å². The summed E-state index contributed by atoms with van der Waals surface area (Å²) in [5.41, 5.74) is -0.208. The lowest BCUT2D eigenvalue weighted by Crippen LogP contribution is -2.48. The molecule has 0 aromatic rings. The van der Waals surface area contributed by atoms with E-state index in [1.807, 2.05) is 25.7 Å². The van der Waals surface area contributed by atoms with Gasteiger partial charge in [0, 0.05) is 37.6 Å². The summed E-state index contributed by atoms with van der Waals surface area (Å²) >= 11 is 0. The Morgan fingerprint density at radius 1 is 1.39 bits per heavy atom. The predicted molar refractivity (Wildman–Crippen MR) is 89.0 cm³/mol. The van der Waals surface area contributed by atoms with Gasteiger partial charge in [0.1, 0.15) is 0 Å². The number of carbonyl (C=O) groups excluding carboxylic acids is 2. The van der Waals surface area contributed by atoms with E-state index in [4.69, 9.17) is 4.74 Å². The van der Waals surface area contributed by atoms with Gasteiger partial charge in [-0.15, -0.1) is 0 Å². The second kappa shape index (κ2) is 7.18. The Labute approximate surface area is 139 Å². The number of methoxy groups -OCH3 is 1. The van der Waals surface area contributed by atoms with Gasteiger partial charge in [0.2, 0.25) is 11.8 Å². The Hall–Kier alpha value is -1.14. The van der Waals surface area contributed by atoms with Gasteiger partial charge in [0.15, 0.2) is 0 Å². The van der Waals surface area contributed by atoms with Crippen LogP contribution in [0.3, 0.4) is 0 Å². The van der Waals surface area contributed by atoms with Gasteiger partial charge in [-0.25, -0.2) is 0 Å². The minimum absolute atomic E-state index is 0.000823. The van der Waals surface area contributed by atoms with Crippen molar-refractivity contribution >= 4 is 11.8 Å². The second-order valence-corrected chi connectivity index (χ2v) is 7.98. The number of hydrogen-bond acceptors (Lipinski definition) is 4. The second-order valence-electron chi connectivity index (χ2n) is 7.98. The van der Waals surface area contributed by atoms with Crippen LogP contribution in [0.25, 0.3) is 0 Å². The number of carbonyl (C=O) groups is 2. The first-order chi connectivity index (χ1) is 10.8. The molecule has 0 spiro atoms. The van der Waals surface area contributed by atoms with Crippen LogP contribution in [0.1, 0.15) is 40.0 Å². The highest BCUT2D eigenvalue weighted by atomic mass is 16.5. The zero-order valence-electron chi connectivity index (χ0n) is 14.9. The summed E-state index contributed by atoms with van der Waals surface area (Å²) in [6, 6.07) is 0. The first-order valence-electron chi connectivity index (χ1n) is 8.55. The van der Waals surface area contributed by atoms with Gasteiger partial charge in [-0.05, 0) is 46.7 Å². The van der Waals surface area contributed by atoms with E-state index in [0.29, 0.717) is 26.1 Å². The largest absolute Gasteiger partial charge is 0.384 e. The molecule has 6 nitrogen and oxygen atoms in total. The van der Waals surface area contributed by atoms with Crippen molar-refractivity contribution in [1.82, 2.24) is 15.5 Å². The fourth-order valence-electron chi connectivity index (χ4n) is 3.59. The number of piperidine rings is 1. The predicted octanol–water partition coefficient (Wildman–Crippen LogP) is 0.766. The summed E-state index contributed by atoms with van der Waals surface area (Å²) in [5, 5.41) is 6.44. The summed E-state index contributed by atoms with van der Waals surface area (Å²) in [6.45, 7) is 9.74. The van der Waals surface area contributed by atoms with Crippen LogP contribution < -0.4 is 10.6 Å². The quantitative estimate of drug-likeness (QED) is 0.783. The van der Waals surface area contributed by atoms with Crippen molar-refractivity contribution in [3.05, 3.63) is 0 Å². The monoisotopic (exact) mass is 325 g/mol. The van der Waals surface area contributed by atoms with Crippen LogP contribution in [0, 0.1) is 11.3 Å². The standard InChI is InChI=1S/C17H31N3O3/c1-16(2,3)20-10-13(9-14(20)21)15(22)19-11-17(12-23-4)5-7-18-8-6-17/h13,18H,5-12H2,1-4H3,(H,19,22). The number of amides is 2. The number of rotatable bonds is 5. The van der Waals surface area contributed by atoms with Gasteiger partial charge >= 0.3 is 0 Å². The molecule has 6 heteroatoms. The molecule has 0 bridgehead atoms. The molecule has 0 aromatic carbocycles. The molecule has 2 amide bonds. The number of nitrogens with one attached hydrogen (secondary N) is 2. The van der Waals surface area contributed by atoms with Gasteiger partial charge in [-0.2, -0.15) is 0 Å². The normalized spacial score (nSPS) is 24.8. The van der Waals surface area contributed by atoms with Gasteiger partial charge in [-0.3, -0.25) is 9.59 Å². The third-order valence-electron chi connectivity index (χ3n) is 5.06. The topological polar surface area (TPSA) is 70.7 Å². The van der Waals surface area contributed by atoms with Crippen molar-refractivity contribution in [2.24, 2.45) is 11.3 Å². The summed E-state index contributed by atoms with van der Waals surface area (Å²) in [5.74, 6) is -0.159. The first-order valence-corrected chi connectivity index (χ1v) is 8.55. The third-order valence-corrected chi connectivity index (χ3v) is 5.06. The van der Waals surface area contributed by atoms with Crippen LogP contribution in [0.15, 0.2) is 0 Å². The Kier molecular flexibility index (Phi) is 5.68. The van der Waals surface area contributed by atoms with Crippen molar-refractivity contribution in [1.29, 1.82) is 0 Å². The highest BCUT2D eigenvalue weighted by molar-refractivity contribution is 5.89. The number of ether oxygens (including phenoxy) is 1. The molecule has 1 unspecified atom stereocenters. The molecule has 0 aromatic heterocycles. The number of hydrogen-bond donors (Lipinski definition) is 2. The van der Waals surface area contributed by atoms with Gasteiger partial charge < -0.3 is 20.3 Å². The molecular formula is C17H31N3O3. The molecule has 2 aliphatic heterocycles.